The molecule has 2 aromatic heterocycles. The average molecular weight is 482 g/mol. The van der Waals surface area contributed by atoms with E-state index in [1.807, 2.05) is 42.9 Å². The molecule has 184 valence electrons. The number of benzene rings is 2. The number of rotatable bonds is 13. The van der Waals surface area contributed by atoms with Gasteiger partial charge in [-0.25, -0.2) is 0 Å². The topological polar surface area (TPSA) is 75.5 Å². The Morgan fingerprint density at radius 3 is 2.33 bits per heavy atom. The monoisotopic (exact) mass is 481 g/mol. The minimum atomic E-state index is -1.17. The van der Waals surface area contributed by atoms with E-state index < -0.39 is 6.10 Å². The summed E-state index contributed by atoms with van der Waals surface area (Å²) in [5.74, 6) is 0.380. The molecule has 36 heavy (non-hydrogen) atoms. The third kappa shape index (κ3) is 7.57. The van der Waals surface area contributed by atoms with Crippen LogP contribution in [0, 0.1) is 0 Å². The van der Waals surface area contributed by atoms with Crippen LogP contribution in [0.1, 0.15) is 39.6 Å². The fraction of sp³-hybridized carbons (Fsp3) is 0.233. The first-order chi connectivity index (χ1) is 17.7. The molecule has 4 aromatic rings. The fourth-order valence-corrected chi connectivity index (χ4v) is 3.99. The van der Waals surface area contributed by atoms with Gasteiger partial charge >= 0.3 is 0 Å². The van der Waals surface area contributed by atoms with E-state index >= 15 is 0 Å². The van der Waals surface area contributed by atoms with Gasteiger partial charge in [0, 0.05) is 50.0 Å². The molecule has 0 aliphatic rings. The predicted molar refractivity (Wildman–Crippen MR) is 140 cm³/mol. The molecule has 2 aromatic carbocycles. The zero-order valence-corrected chi connectivity index (χ0v) is 20.2. The third-order valence-electron chi connectivity index (χ3n) is 5.98. The summed E-state index contributed by atoms with van der Waals surface area (Å²) in [7, 11) is 0. The van der Waals surface area contributed by atoms with Gasteiger partial charge in [0.25, 0.3) is 0 Å². The minimum Gasteiger partial charge on any atom is -0.494 e. The number of aliphatic hydroxyl groups is 1. The Bertz CT molecular complexity index is 1190. The third-order valence-corrected chi connectivity index (χ3v) is 5.98. The van der Waals surface area contributed by atoms with Crippen LogP contribution in [-0.4, -0.2) is 45.5 Å². The standard InChI is InChI=1S/C30H31N3O3/c34-29(26-7-2-1-3-8-26)30(35)27-9-11-28(12-10-27)36-21-5-19-33(23-25-13-17-31-18-14-25)20-15-24-6-4-16-32-22-24/h1-4,6-14,16-18,22,29,34H,5,15,19-21,23H2. The number of aliphatic hydroxyl groups excluding tert-OH is 1. The van der Waals surface area contributed by atoms with Gasteiger partial charge in [0.05, 0.1) is 6.61 Å². The molecule has 0 bridgehead atoms. The molecule has 0 saturated carbocycles. The first kappa shape index (κ1) is 25.2. The normalized spacial score (nSPS) is 11.8. The number of ether oxygens (including phenoxy) is 1. The molecule has 6 nitrogen and oxygen atoms in total. The second kappa shape index (κ2) is 13.3. The van der Waals surface area contributed by atoms with E-state index in [2.05, 4.69) is 20.9 Å². The van der Waals surface area contributed by atoms with Crippen LogP contribution in [-0.2, 0) is 13.0 Å². The molecule has 0 aliphatic heterocycles. The predicted octanol–water partition coefficient (Wildman–Crippen LogP) is 4.91. The number of carbonyl (C=O) groups excluding carboxylic acids is 1. The molecule has 6 heteroatoms. The van der Waals surface area contributed by atoms with Gasteiger partial charge in [-0.2, -0.15) is 0 Å². The van der Waals surface area contributed by atoms with Gasteiger partial charge in [-0.05, 0) is 72.0 Å². The highest BCUT2D eigenvalue weighted by molar-refractivity contribution is 5.99. The molecular formula is C30H31N3O3. The summed E-state index contributed by atoms with van der Waals surface area (Å²) in [5.41, 5.74) is 3.50. The first-order valence-electron chi connectivity index (χ1n) is 12.2. The summed E-state index contributed by atoms with van der Waals surface area (Å²) in [6, 6.07) is 24.1. The Labute approximate surface area is 212 Å². The summed E-state index contributed by atoms with van der Waals surface area (Å²) < 4.78 is 5.93. The van der Waals surface area contributed by atoms with Gasteiger partial charge in [-0.1, -0.05) is 36.4 Å². The van der Waals surface area contributed by atoms with E-state index in [0.29, 0.717) is 23.5 Å². The quantitative estimate of drug-likeness (QED) is 0.216. The SMILES string of the molecule is O=C(c1ccc(OCCCN(CCc2cccnc2)Cc2ccncc2)cc1)C(O)c1ccccc1. The Hall–Kier alpha value is -3.87. The molecule has 0 amide bonds. The molecule has 0 spiro atoms. The van der Waals surface area contributed by atoms with Crippen LogP contribution >= 0.6 is 0 Å². The summed E-state index contributed by atoms with van der Waals surface area (Å²) in [4.78, 5) is 23.3. The van der Waals surface area contributed by atoms with Gasteiger partial charge in [0.1, 0.15) is 11.9 Å². The van der Waals surface area contributed by atoms with Crippen molar-refractivity contribution in [2.24, 2.45) is 0 Å². The number of carbonyl (C=O) groups is 1. The highest BCUT2D eigenvalue weighted by Gasteiger charge is 2.18. The first-order valence-corrected chi connectivity index (χ1v) is 12.2. The van der Waals surface area contributed by atoms with E-state index in [-0.39, 0.29) is 5.78 Å². The van der Waals surface area contributed by atoms with E-state index in [1.165, 1.54) is 11.1 Å². The number of pyridine rings is 2. The zero-order chi connectivity index (χ0) is 25.0. The van der Waals surface area contributed by atoms with Crippen molar-refractivity contribution in [1.29, 1.82) is 0 Å². The van der Waals surface area contributed by atoms with Crippen molar-refractivity contribution in [3.8, 4) is 5.75 Å². The maximum absolute atomic E-state index is 12.6. The molecule has 0 fully saturated rings. The van der Waals surface area contributed by atoms with Crippen LogP contribution in [0.3, 0.4) is 0 Å². The highest BCUT2D eigenvalue weighted by atomic mass is 16.5. The number of ketones is 1. The van der Waals surface area contributed by atoms with Gasteiger partial charge in [0.15, 0.2) is 5.78 Å². The molecule has 1 unspecified atom stereocenters. The van der Waals surface area contributed by atoms with Crippen molar-refractivity contribution in [2.75, 3.05) is 19.7 Å². The Morgan fingerprint density at radius 1 is 0.833 bits per heavy atom. The van der Waals surface area contributed by atoms with Crippen LogP contribution in [0.2, 0.25) is 0 Å². The van der Waals surface area contributed by atoms with Gasteiger partial charge < -0.3 is 9.84 Å². The van der Waals surface area contributed by atoms with E-state index in [1.54, 1.807) is 54.7 Å². The number of Topliss-reactive ketones (excluding diaryl/α,β-unsaturated/α-hetero) is 1. The van der Waals surface area contributed by atoms with Gasteiger partial charge in [-0.3, -0.25) is 19.7 Å². The molecular weight excluding hydrogens is 450 g/mol. The molecule has 4 rings (SSSR count). The molecule has 1 atom stereocenters. The lowest BCUT2D eigenvalue weighted by Gasteiger charge is -2.22. The highest BCUT2D eigenvalue weighted by Crippen LogP contribution is 2.20. The second-order valence-corrected chi connectivity index (χ2v) is 8.65. The number of hydrogen-bond acceptors (Lipinski definition) is 6. The Morgan fingerprint density at radius 2 is 1.61 bits per heavy atom. The van der Waals surface area contributed by atoms with Crippen LogP contribution in [0.25, 0.3) is 0 Å². The number of nitrogens with zero attached hydrogens (tertiary/aromatic N) is 3. The van der Waals surface area contributed by atoms with E-state index in [9.17, 15) is 9.90 Å². The summed E-state index contributed by atoms with van der Waals surface area (Å²) in [6.07, 6.45) is 7.99. The average Bonchev–Trinajstić information content (AvgIpc) is 2.95. The van der Waals surface area contributed by atoms with Crippen LogP contribution in [0.15, 0.2) is 104 Å². The maximum atomic E-state index is 12.6. The van der Waals surface area contributed by atoms with Crippen molar-refractivity contribution >= 4 is 5.78 Å². The second-order valence-electron chi connectivity index (χ2n) is 8.65. The fourth-order valence-electron chi connectivity index (χ4n) is 3.99. The summed E-state index contributed by atoms with van der Waals surface area (Å²) in [6.45, 7) is 3.24. The molecule has 0 aliphatic carbocycles. The van der Waals surface area contributed by atoms with E-state index in [0.717, 1.165) is 32.5 Å². The lowest BCUT2D eigenvalue weighted by Crippen LogP contribution is -2.28. The molecule has 0 saturated heterocycles. The van der Waals surface area contributed by atoms with Crippen LogP contribution < -0.4 is 4.74 Å². The van der Waals surface area contributed by atoms with Crippen LogP contribution in [0.4, 0.5) is 0 Å². The van der Waals surface area contributed by atoms with Crippen molar-refractivity contribution < 1.29 is 14.6 Å². The van der Waals surface area contributed by atoms with Gasteiger partial charge in [0.2, 0.25) is 0 Å². The summed E-state index contributed by atoms with van der Waals surface area (Å²) in [5, 5.41) is 10.4. The van der Waals surface area contributed by atoms with Crippen molar-refractivity contribution in [1.82, 2.24) is 14.9 Å². The number of aromatic nitrogens is 2. The molecule has 2 heterocycles. The smallest absolute Gasteiger partial charge is 0.195 e. The summed E-state index contributed by atoms with van der Waals surface area (Å²) >= 11 is 0. The lowest BCUT2D eigenvalue weighted by atomic mass is 10.00. The van der Waals surface area contributed by atoms with E-state index in [4.69, 9.17) is 4.74 Å². The minimum absolute atomic E-state index is 0.326. The molecule has 1 N–H and O–H groups in total. The largest absolute Gasteiger partial charge is 0.494 e. The number of hydrogen-bond donors (Lipinski definition) is 1. The van der Waals surface area contributed by atoms with Crippen molar-refractivity contribution in [3.63, 3.8) is 0 Å². The maximum Gasteiger partial charge on any atom is 0.195 e. The molecule has 0 radical (unpaired) electrons. The van der Waals surface area contributed by atoms with Crippen molar-refractivity contribution in [3.05, 3.63) is 126 Å². The Kier molecular flexibility index (Phi) is 9.31. The lowest BCUT2D eigenvalue weighted by molar-refractivity contribution is 0.0747. The Balaban J connectivity index is 1.26. The van der Waals surface area contributed by atoms with Gasteiger partial charge in [-0.15, -0.1) is 0 Å². The van der Waals surface area contributed by atoms with Crippen molar-refractivity contribution in [2.45, 2.75) is 25.5 Å². The van der Waals surface area contributed by atoms with Crippen LogP contribution in [0.5, 0.6) is 5.75 Å². The zero-order valence-electron chi connectivity index (χ0n) is 20.2.